The molecule has 1 aromatic carbocycles. The Bertz CT molecular complexity index is 606. The first-order chi connectivity index (χ1) is 9.84. The van der Waals surface area contributed by atoms with E-state index in [2.05, 4.69) is 4.90 Å². The predicted octanol–water partition coefficient (Wildman–Crippen LogP) is 1.40. The van der Waals surface area contributed by atoms with Crippen molar-refractivity contribution in [3.05, 3.63) is 28.8 Å². The number of nitrogens with zero attached hydrogens (tertiary/aromatic N) is 2. The molecule has 5 nitrogen and oxygen atoms in total. The molecule has 1 saturated heterocycles. The molecule has 0 spiro atoms. The van der Waals surface area contributed by atoms with E-state index in [1.165, 1.54) is 16.4 Å². The van der Waals surface area contributed by atoms with E-state index in [0.29, 0.717) is 18.0 Å². The molecule has 1 aliphatic rings. The summed E-state index contributed by atoms with van der Waals surface area (Å²) >= 11 is 5.98. The van der Waals surface area contributed by atoms with Crippen LogP contribution >= 0.6 is 11.6 Å². The van der Waals surface area contributed by atoms with Crippen molar-refractivity contribution < 1.29 is 13.5 Å². The first-order valence-electron chi connectivity index (χ1n) is 6.88. The van der Waals surface area contributed by atoms with E-state index in [-0.39, 0.29) is 16.5 Å². The van der Waals surface area contributed by atoms with E-state index < -0.39 is 10.0 Å². The van der Waals surface area contributed by atoms with Crippen LogP contribution in [0.25, 0.3) is 0 Å². The second-order valence-electron chi connectivity index (χ2n) is 5.61. The lowest BCUT2D eigenvalue weighted by molar-refractivity contribution is 0.282. The number of rotatable bonds is 5. The molecule has 7 heteroatoms. The minimum atomic E-state index is -3.54. The molecule has 0 aliphatic carbocycles. The molecule has 1 heterocycles. The molecule has 1 fully saturated rings. The van der Waals surface area contributed by atoms with Crippen LogP contribution in [-0.4, -0.2) is 56.5 Å². The van der Waals surface area contributed by atoms with Crippen LogP contribution in [0, 0.1) is 5.92 Å². The van der Waals surface area contributed by atoms with Gasteiger partial charge in [0, 0.05) is 25.2 Å². The number of benzene rings is 1. The van der Waals surface area contributed by atoms with Gasteiger partial charge in [-0.1, -0.05) is 17.7 Å². The fourth-order valence-corrected chi connectivity index (χ4v) is 4.21. The molecule has 1 aliphatic heterocycles. The normalized spacial score (nSPS) is 20.3. The minimum absolute atomic E-state index is 0.165. The molecule has 0 amide bonds. The highest BCUT2D eigenvalue weighted by atomic mass is 35.5. The number of halogens is 1. The van der Waals surface area contributed by atoms with Crippen LogP contribution in [0.3, 0.4) is 0 Å². The van der Waals surface area contributed by atoms with Crippen LogP contribution in [-0.2, 0) is 16.6 Å². The van der Waals surface area contributed by atoms with Crippen molar-refractivity contribution in [3.63, 3.8) is 0 Å². The summed E-state index contributed by atoms with van der Waals surface area (Å²) in [7, 11) is 0.0996. The Morgan fingerprint density at radius 2 is 2.19 bits per heavy atom. The summed E-state index contributed by atoms with van der Waals surface area (Å²) < 4.78 is 26.5. The Hall–Kier alpha value is -0.660. The topological polar surface area (TPSA) is 60.9 Å². The van der Waals surface area contributed by atoms with Gasteiger partial charge >= 0.3 is 0 Å². The average Bonchev–Trinajstić information content (AvgIpc) is 2.83. The Morgan fingerprint density at radius 3 is 2.71 bits per heavy atom. The van der Waals surface area contributed by atoms with Crippen molar-refractivity contribution in [1.29, 1.82) is 0 Å². The van der Waals surface area contributed by atoms with Crippen molar-refractivity contribution in [2.45, 2.75) is 17.9 Å². The fourth-order valence-electron chi connectivity index (χ4n) is 2.63. The number of hydrogen-bond donors (Lipinski definition) is 1. The summed E-state index contributed by atoms with van der Waals surface area (Å²) in [6, 6.07) is 4.44. The molecule has 118 valence electrons. The van der Waals surface area contributed by atoms with Crippen LogP contribution in [0.4, 0.5) is 0 Å². The van der Waals surface area contributed by atoms with Gasteiger partial charge in [0.05, 0.1) is 11.5 Å². The Labute approximate surface area is 131 Å². The molecule has 1 N–H and O–H groups in total. The average molecular weight is 333 g/mol. The molecule has 0 bridgehead atoms. The SMILES string of the molecule is CN1CCC(CN(C)S(=O)(=O)c2ccc(CO)c(Cl)c2)C1. The Kier molecular flexibility index (Phi) is 5.27. The zero-order valence-corrected chi connectivity index (χ0v) is 13.9. The van der Waals surface area contributed by atoms with Gasteiger partial charge in [-0.25, -0.2) is 12.7 Å². The summed E-state index contributed by atoms with van der Waals surface area (Å²) in [4.78, 5) is 2.37. The number of aliphatic hydroxyl groups excluding tert-OH is 1. The van der Waals surface area contributed by atoms with Crippen LogP contribution in [0.2, 0.25) is 5.02 Å². The standard InChI is InChI=1S/C14H21ClN2O3S/c1-16-6-5-11(8-16)9-17(2)21(19,20)13-4-3-12(10-18)14(15)7-13/h3-4,7,11,18H,5-6,8-10H2,1-2H3. The summed E-state index contributed by atoms with van der Waals surface area (Å²) in [5, 5.41) is 9.36. The summed E-state index contributed by atoms with van der Waals surface area (Å²) in [6.45, 7) is 2.23. The highest BCUT2D eigenvalue weighted by molar-refractivity contribution is 7.89. The van der Waals surface area contributed by atoms with Gasteiger partial charge in [-0.3, -0.25) is 0 Å². The minimum Gasteiger partial charge on any atom is -0.392 e. The number of sulfonamides is 1. The van der Waals surface area contributed by atoms with Gasteiger partial charge in [-0.2, -0.15) is 0 Å². The summed E-state index contributed by atoms with van der Waals surface area (Å²) in [6.07, 6.45) is 1.01. The van der Waals surface area contributed by atoms with Crippen molar-refractivity contribution >= 4 is 21.6 Å². The number of likely N-dealkylation sites (tertiary alicyclic amines) is 1. The second-order valence-corrected chi connectivity index (χ2v) is 8.07. The summed E-state index contributed by atoms with van der Waals surface area (Å²) in [5.41, 5.74) is 0.524. The highest BCUT2D eigenvalue weighted by Gasteiger charge is 2.27. The highest BCUT2D eigenvalue weighted by Crippen LogP contribution is 2.24. The third kappa shape index (κ3) is 3.76. The lowest BCUT2D eigenvalue weighted by Crippen LogP contribution is -2.32. The van der Waals surface area contributed by atoms with E-state index in [1.807, 2.05) is 7.05 Å². The molecule has 2 rings (SSSR count). The van der Waals surface area contributed by atoms with E-state index in [9.17, 15) is 8.42 Å². The van der Waals surface area contributed by atoms with E-state index >= 15 is 0 Å². The molecule has 21 heavy (non-hydrogen) atoms. The third-order valence-corrected chi connectivity index (χ3v) is 6.08. The zero-order chi connectivity index (χ0) is 15.6. The maximum absolute atomic E-state index is 12.5. The second kappa shape index (κ2) is 6.62. The fraction of sp³-hybridized carbons (Fsp3) is 0.571. The molecule has 0 saturated carbocycles. The molecule has 1 aromatic rings. The Balaban J connectivity index is 2.15. The summed E-state index contributed by atoms with van der Waals surface area (Å²) in [5.74, 6) is 0.363. The molecular weight excluding hydrogens is 312 g/mol. The van der Waals surface area contributed by atoms with Gasteiger partial charge in [0.2, 0.25) is 10.0 Å². The number of hydrogen-bond acceptors (Lipinski definition) is 4. The number of aliphatic hydroxyl groups is 1. The van der Waals surface area contributed by atoms with Crippen molar-refractivity contribution in [2.75, 3.05) is 33.7 Å². The van der Waals surface area contributed by atoms with E-state index in [1.54, 1.807) is 13.1 Å². The lowest BCUT2D eigenvalue weighted by atomic mass is 10.1. The van der Waals surface area contributed by atoms with Crippen LogP contribution in [0.15, 0.2) is 23.1 Å². The van der Waals surface area contributed by atoms with Crippen molar-refractivity contribution in [1.82, 2.24) is 9.21 Å². The van der Waals surface area contributed by atoms with Crippen molar-refractivity contribution in [3.8, 4) is 0 Å². The van der Waals surface area contributed by atoms with Crippen LogP contribution in [0.1, 0.15) is 12.0 Å². The smallest absolute Gasteiger partial charge is 0.242 e. The lowest BCUT2D eigenvalue weighted by Gasteiger charge is -2.21. The largest absolute Gasteiger partial charge is 0.392 e. The van der Waals surface area contributed by atoms with Gasteiger partial charge in [-0.15, -0.1) is 0 Å². The van der Waals surface area contributed by atoms with Gasteiger partial charge in [0.15, 0.2) is 0 Å². The molecule has 0 radical (unpaired) electrons. The monoisotopic (exact) mass is 332 g/mol. The third-order valence-electron chi connectivity index (χ3n) is 3.91. The quantitative estimate of drug-likeness (QED) is 0.885. The molecule has 0 aromatic heterocycles. The van der Waals surface area contributed by atoms with Crippen LogP contribution in [0.5, 0.6) is 0 Å². The molecule has 1 unspecified atom stereocenters. The maximum atomic E-state index is 12.5. The van der Waals surface area contributed by atoms with Gasteiger partial charge in [0.1, 0.15) is 0 Å². The van der Waals surface area contributed by atoms with Gasteiger partial charge in [0.25, 0.3) is 0 Å². The molecular formula is C14H21ClN2O3S. The maximum Gasteiger partial charge on any atom is 0.242 e. The predicted molar refractivity (Wildman–Crippen MR) is 82.8 cm³/mol. The van der Waals surface area contributed by atoms with E-state index in [4.69, 9.17) is 16.7 Å². The van der Waals surface area contributed by atoms with Crippen molar-refractivity contribution in [2.24, 2.45) is 5.92 Å². The van der Waals surface area contributed by atoms with E-state index in [0.717, 1.165) is 19.5 Å². The molecule has 1 atom stereocenters. The van der Waals surface area contributed by atoms with Crippen LogP contribution < -0.4 is 0 Å². The van der Waals surface area contributed by atoms with Gasteiger partial charge in [-0.05, 0) is 43.6 Å². The first-order valence-corrected chi connectivity index (χ1v) is 8.70. The van der Waals surface area contributed by atoms with Gasteiger partial charge < -0.3 is 10.0 Å². The zero-order valence-electron chi connectivity index (χ0n) is 12.3. The first kappa shape index (κ1) is 16.7. The Morgan fingerprint density at radius 1 is 1.48 bits per heavy atom.